The van der Waals surface area contributed by atoms with Crippen LogP contribution in [0.2, 0.25) is 0 Å². The molecule has 8 nitrogen and oxygen atoms in total. The first-order chi connectivity index (χ1) is 19.5. The summed E-state index contributed by atoms with van der Waals surface area (Å²) in [6.45, 7) is 8.91. The quantitative estimate of drug-likeness (QED) is 0.0969. The van der Waals surface area contributed by atoms with Crippen molar-refractivity contribution in [3.05, 3.63) is 131 Å². The van der Waals surface area contributed by atoms with Gasteiger partial charge in [0.2, 0.25) is 0 Å². The molecule has 0 radical (unpaired) electrons. The Morgan fingerprint density at radius 3 is 1.95 bits per heavy atom. The summed E-state index contributed by atoms with van der Waals surface area (Å²) in [7, 11) is 0. The molecule has 0 aliphatic carbocycles. The van der Waals surface area contributed by atoms with Crippen LogP contribution in [0.3, 0.4) is 0 Å². The molecule has 210 valence electrons. The van der Waals surface area contributed by atoms with Gasteiger partial charge in [-0.3, -0.25) is 0 Å². The molecule has 1 aliphatic heterocycles. The number of azide groups is 1. The van der Waals surface area contributed by atoms with Crippen molar-refractivity contribution in [2.24, 2.45) is 5.11 Å². The van der Waals surface area contributed by atoms with Gasteiger partial charge in [0.1, 0.15) is 18.3 Å². The maximum Gasteiger partial charge on any atom is 0.163 e. The second-order valence-corrected chi connectivity index (χ2v) is 10.1. The molecule has 0 aromatic heterocycles. The highest BCUT2D eigenvalue weighted by molar-refractivity contribution is 5.16. The van der Waals surface area contributed by atoms with E-state index in [1.165, 1.54) is 0 Å². The van der Waals surface area contributed by atoms with E-state index >= 15 is 0 Å². The average Bonchev–Trinajstić information content (AvgIpc) is 2.98. The number of nitrogens with zero attached hydrogens (tertiary/aromatic N) is 3. The summed E-state index contributed by atoms with van der Waals surface area (Å²) in [6.07, 6.45) is -0.844. The molecule has 0 unspecified atom stereocenters. The average molecular weight is 544 g/mol. The topological polar surface area (TPSA) is 94.9 Å². The van der Waals surface area contributed by atoms with Crippen LogP contribution in [0.15, 0.2) is 109 Å². The minimum absolute atomic E-state index is 0.261. The summed E-state index contributed by atoms with van der Waals surface area (Å²) in [6, 6.07) is 28.7. The van der Waals surface area contributed by atoms with E-state index in [-0.39, 0.29) is 13.2 Å². The van der Waals surface area contributed by atoms with Crippen LogP contribution in [-0.2, 0) is 43.5 Å². The monoisotopic (exact) mass is 543 g/mol. The van der Waals surface area contributed by atoms with Crippen LogP contribution >= 0.6 is 0 Å². The first-order valence-corrected chi connectivity index (χ1v) is 13.4. The molecule has 8 heteroatoms. The van der Waals surface area contributed by atoms with E-state index in [4.69, 9.17) is 23.7 Å². The van der Waals surface area contributed by atoms with Crippen molar-refractivity contribution in [1.29, 1.82) is 0 Å². The van der Waals surface area contributed by atoms with Gasteiger partial charge in [0, 0.05) is 4.91 Å². The van der Waals surface area contributed by atoms with Crippen molar-refractivity contribution >= 4 is 0 Å². The largest absolute Gasteiger partial charge is 0.370 e. The Balaban J connectivity index is 1.62. The molecule has 1 fully saturated rings. The molecule has 1 saturated heterocycles. The third-order valence-corrected chi connectivity index (χ3v) is 6.67. The van der Waals surface area contributed by atoms with E-state index in [0.29, 0.717) is 13.2 Å². The normalized spacial score (nSPS) is 20.6. The van der Waals surface area contributed by atoms with Gasteiger partial charge in [-0.2, -0.15) is 0 Å². The lowest BCUT2D eigenvalue weighted by molar-refractivity contribution is -0.319. The molecule has 0 N–H and O–H groups in total. The Labute approximate surface area is 236 Å². The van der Waals surface area contributed by atoms with Crippen molar-refractivity contribution in [1.82, 2.24) is 0 Å². The van der Waals surface area contributed by atoms with E-state index in [1.54, 1.807) is 6.08 Å². The highest BCUT2D eigenvalue weighted by atomic mass is 16.7. The van der Waals surface area contributed by atoms with E-state index in [1.807, 2.05) is 105 Å². The number of ether oxygens (including phenoxy) is 5. The zero-order valence-corrected chi connectivity index (χ0v) is 23.0. The number of rotatable bonds is 14. The summed E-state index contributed by atoms with van der Waals surface area (Å²) >= 11 is 0. The lowest BCUT2D eigenvalue weighted by atomic mass is 9.95. The summed E-state index contributed by atoms with van der Waals surface area (Å²) in [5.41, 5.74) is 12.7. The zero-order valence-electron chi connectivity index (χ0n) is 23.0. The van der Waals surface area contributed by atoms with Crippen LogP contribution in [-0.4, -0.2) is 42.9 Å². The summed E-state index contributed by atoms with van der Waals surface area (Å²) in [5.74, 6) is -0.918. The third-order valence-electron chi connectivity index (χ3n) is 6.67. The third kappa shape index (κ3) is 8.50. The van der Waals surface area contributed by atoms with Gasteiger partial charge in [0.25, 0.3) is 0 Å². The predicted molar refractivity (Wildman–Crippen MR) is 153 cm³/mol. The Hall–Kier alpha value is -3.49. The molecular formula is C32H37N3O5. The van der Waals surface area contributed by atoms with Gasteiger partial charge >= 0.3 is 0 Å². The van der Waals surface area contributed by atoms with Crippen LogP contribution < -0.4 is 0 Å². The molecule has 3 aromatic rings. The fraction of sp³-hybridized carbons (Fsp3) is 0.375. The van der Waals surface area contributed by atoms with E-state index in [0.717, 1.165) is 16.7 Å². The number of hydrogen-bond acceptors (Lipinski definition) is 6. The molecular weight excluding hydrogens is 506 g/mol. The van der Waals surface area contributed by atoms with Crippen molar-refractivity contribution in [2.45, 2.75) is 69.9 Å². The van der Waals surface area contributed by atoms with Crippen LogP contribution in [0, 0.1) is 0 Å². The Morgan fingerprint density at radius 2 is 1.43 bits per heavy atom. The van der Waals surface area contributed by atoms with Crippen molar-refractivity contribution in [3.63, 3.8) is 0 Å². The Morgan fingerprint density at radius 1 is 0.900 bits per heavy atom. The molecule has 0 saturated carbocycles. The molecule has 0 spiro atoms. The van der Waals surface area contributed by atoms with E-state index in [2.05, 4.69) is 16.6 Å². The van der Waals surface area contributed by atoms with Gasteiger partial charge in [-0.15, -0.1) is 6.58 Å². The highest BCUT2D eigenvalue weighted by Gasteiger charge is 2.46. The number of benzene rings is 3. The molecule has 1 aliphatic rings. The van der Waals surface area contributed by atoms with Gasteiger partial charge in [-0.05, 0) is 36.1 Å². The van der Waals surface area contributed by atoms with Crippen LogP contribution in [0.5, 0.6) is 0 Å². The van der Waals surface area contributed by atoms with Crippen molar-refractivity contribution < 1.29 is 23.7 Å². The van der Waals surface area contributed by atoms with Crippen molar-refractivity contribution in [2.75, 3.05) is 6.61 Å². The Bertz CT molecular complexity index is 1220. The molecule has 3 aromatic carbocycles. The van der Waals surface area contributed by atoms with Gasteiger partial charge in [0.05, 0.1) is 38.6 Å². The van der Waals surface area contributed by atoms with Gasteiger partial charge in [-0.1, -0.05) is 102 Å². The van der Waals surface area contributed by atoms with Gasteiger partial charge < -0.3 is 23.7 Å². The molecule has 40 heavy (non-hydrogen) atoms. The SMILES string of the molecule is C=C[C@H](OCc1ccccc1)[C@H](OCc1ccccc1)[C@@H](N=[N+]=[N-])[C@H]1OC(C)(C)OC[C@@H]1OCc1ccccc1. The smallest absolute Gasteiger partial charge is 0.163 e. The Kier molecular flexibility index (Phi) is 10.9. The zero-order chi connectivity index (χ0) is 28.2. The summed E-state index contributed by atoms with van der Waals surface area (Å²) < 4.78 is 31.4. The minimum atomic E-state index is -0.918. The second kappa shape index (κ2) is 14.8. The fourth-order valence-corrected chi connectivity index (χ4v) is 4.62. The standard InChI is InChI=1S/C32H37N3O5/c1-4-27(36-20-24-14-8-5-9-15-24)30(38-22-26-18-12-7-13-19-26)29(34-35-33)31-28(23-39-32(2,3)40-31)37-21-25-16-10-6-11-17-25/h4-19,27-31H,1,20-23H2,2-3H3/t27-,28-,29+,30-,31-/m0/s1. The van der Waals surface area contributed by atoms with E-state index < -0.39 is 36.2 Å². The first kappa shape index (κ1) is 29.5. The molecule has 0 bridgehead atoms. The van der Waals surface area contributed by atoms with Gasteiger partial charge in [-0.25, -0.2) is 0 Å². The van der Waals surface area contributed by atoms with Crippen LogP contribution in [0.1, 0.15) is 30.5 Å². The maximum atomic E-state index is 9.70. The fourth-order valence-electron chi connectivity index (χ4n) is 4.62. The minimum Gasteiger partial charge on any atom is -0.370 e. The molecule has 0 amide bonds. The first-order valence-electron chi connectivity index (χ1n) is 13.4. The second-order valence-electron chi connectivity index (χ2n) is 10.1. The maximum absolute atomic E-state index is 9.70. The molecule has 5 atom stereocenters. The summed E-state index contributed by atoms with van der Waals surface area (Å²) in [4.78, 5) is 3.20. The lowest BCUT2D eigenvalue weighted by Gasteiger charge is -2.45. The highest BCUT2D eigenvalue weighted by Crippen LogP contribution is 2.32. The van der Waals surface area contributed by atoms with Crippen LogP contribution in [0.25, 0.3) is 10.4 Å². The van der Waals surface area contributed by atoms with Crippen molar-refractivity contribution in [3.8, 4) is 0 Å². The van der Waals surface area contributed by atoms with Gasteiger partial charge in [0.15, 0.2) is 5.79 Å². The van der Waals surface area contributed by atoms with Crippen LogP contribution in [0.4, 0.5) is 0 Å². The summed E-state index contributed by atoms with van der Waals surface area (Å²) in [5, 5.41) is 4.22. The lowest BCUT2D eigenvalue weighted by Crippen LogP contribution is -2.58. The molecule has 4 rings (SSSR count). The molecule has 1 heterocycles. The van der Waals surface area contributed by atoms with E-state index in [9.17, 15) is 5.53 Å². The predicted octanol–water partition coefficient (Wildman–Crippen LogP) is 6.76. The number of hydrogen-bond donors (Lipinski definition) is 0.